The number of benzene rings is 1. The maximum absolute atomic E-state index is 11.8. The largest absolute Gasteiger partial charge is 0.497 e. The maximum Gasteiger partial charge on any atom is 0.315 e. The highest BCUT2D eigenvalue weighted by molar-refractivity contribution is 5.95. The molecule has 0 spiro atoms. The molecule has 0 fully saturated rings. The highest BCUT2D eigenvalue weighted by Crippen LogP contribution is 2.28. The van der Waals surface area contributed by atoms with Gasteiger partial charge in [0.1, 0.15) is 11.5 Å². The number of methoxy groups -OCH3 is 2. The van der Waals surface area contributed by atoms with Crippen LogP contribution in [0.1, 0.15) is 13.8 Å². The Morgan fingerprint density at radius 1 is 1.19 bits per heavy atom. The fourth-order valence-corrected chi connectivity index (χ4v) is 1.58. The summed E-state index contributed by atoms with van der Waals surface area (Å²) in [6.07, 6.45) is 0. The Hall–Kier alpha value is -2.44. The Morgan fingerprint density at radius 2 is 1.90 bits per heavy atom. The number of carbonyl (C=O) groups excluding carboxylic acids is 2. The molecule has 0 saturated heterocycles. The third-order valence-electron chi connectivity index (χ3n) is 2.51. The van der Waals surface area contributed by atoms with Gasteiger partial charge in [-0.2, -0.15) is 0 Å². The molecule has 7 nitrogen and oxygen atoms in total. The molecule has 7 heteroatoms. The Kier molecular flexibility index (Phi) is 6.32. The smallest absolute Gasteiger partial charge is 0.315 e. The molecular formula is C14H21N3O4. The van der Waals surface area contributed by atoms with E-state index >= 15 is 0 Å². The van der Waals surface area contributed by atoms with Gasteiger partial charge in [0.05, 0.1) is 26.5 Å². The van der Waals surface area contributed by atoms with Gasteiger partial charge in [0.15, 0.2) is 0 Å². The second kappa shape index (κ2) is 7.98. The van der Waals surface area contributed by atoms with Gasteiger partial charge in [0.25, 0.3) is 0 Å². The van der Waals surface area contributed by atoms with Gasteiger partial charge in [0, 0.05) is 12.1 Å². The first kappa shape index (κ1) is 16.6. The summed E-state index contributed by atoms with van der Waals surface area (Å²) < 4.78 is 10.2. The summed E-state index contributed by atoms with van der Waals surface area (Å²) in [6.45, 7) is 3.53. The van der Waals surface area contributed by atoms with E-state index in [1.807, 2.05) is 13.8 Å². The van der Waals surface area contributed by atoms with Crippen LogP contribution in [0.3, 0.4) is 0 Å². The van der Waals surface area contributed by atoms with Crippen LogP contribution in [0, 0.1) is 0 Å². The predicted octanol–water partition coefficient (Wildman–Crippen LogP) is 1.35. The topological polar surface area (TPSA) is 88.7 Å². The van der Waals surface area contributed by atoms with Crippen molar-refractivity contribution in [2.24, 2.45) is 0 Å². The molecule has 0 unspecified atom stereocenters. The Balaban J connectivity index is 2.60. The fourth-order valence-electron chi connectivity index (χ4n) is 1.58. The first-order valence-electron chi connectivity index (χ1n) is 6.52. The van der Waals surface area contributed by atoms with E-state index in [-0.39, 0.29) is 18.5 Å². The van der Waals surface area contributed by atoms with E-state index < -0.39 is 6.03 Å². The fraction of sp³-hybridized carbons (Fsp3) is 0.429. The molecule has 1 rings (SSSR count). The van der Waals surface area contributed by atoms with E-state index in [2.05, 4.69) is 16.0 Å². The van der Waals surface area contributed by atoms with E-state index in [0.29, 0.717) is 17.2 Å². The molecule has 21 heavy (non-hydrogen) atoms. The number of urea groups is 1. The number of ether oxygens (including phenoxy) is 2. The van der Waals surface area contributed by atoms with Crippen molar-refractivity contribution in [3.63, 3.8) is 0 Å². The molecule has 0 saturated carbocycles. The normalized spacial score (nSPS) is 9.95. The Bertz CT molecular complexity index is 503. The number of anilines is 1. The van der Waals surface area contributed by atoms with Crippen LogP contribution in [0.2, 0.25) is 0 Å². The zero-order valence-corrected chi connectivity index (χ0v) is 12.6. The molecule has 0 aliphatic heterocycles. The average Bonchev–Trinajstić information content (AvgIpc) is 2.44. The molecule has 0 bridgehead atoms. The van der Waals surface area contributed by atoms with Gasteiger partial charge in [-0.15, -0.1) is 0 Å². The molecule has 0 radical (unpaired) electrons. The van der Waals surface area contributed by atoms with E-state index in [1.54, 1.807) is 18.2 Å². The van der Waals surface area contributed by atoms with Crippen molar-refractivity contribution in [2.75, 3.05) is 26.1 Å². The van der Waals surface area contributed by atoms with Crippen LogP contribution in [0.4, 0.5) is 10.5 Å². The number of rotatable bonds is 6. The lowest BCUT2D eigenvalue weighted by Gasteiger charge is -2.13. The molecule has 0 aliphatic rings. The van der Waals surface area contributed by atoms with Gasteiger partial charge >= 0.3 is 6.03 Å². The van der Waals surface area contributed by atoms with Gasteiger partial charge < -0.3 is 25.4 Å². The van der Waals surface area contributed by atoms with Crippen molar-refractivity contribution in [1.29, 1.82) is 0 Å². The minimum Gasteiger partial charge on any atom is -0.497 e. The first-order chi connectivity index (χ1) is 9.96. The highest BCUT2D eigenvalue weighted by atomic mass is 16.5. The van der Waals surface area contributed by atoms with Gasteiger partial charge in [-0.05, 0) is 26.0 Å². The SMILES string of the molecule is COc1ccc(OC)c(NC(=O)CNC(=O)NC(C)C)c1. The Morgan fingerprint density at radius 3 is 2.48 bits per heavy atom. The Labute approximate surface area is 124 Å². The van der Waals surface area contributed by atoms with Crippen molar-refractivity contribution < 1.29 is 19.1 Å². The summed E-state index contributed by atoms with van der Waals surface area (Å²) >= 11 is 0. The molecule has 0 atom stereocenters. The molecule has 116 valence electrons. The molecule has 3 N–H and O–H groups in total. The predicted molar refractivity (Wildman–Crippen MR) is 79.8 cm³/mol. The van der Waals surface area contributed by atoms with Gasteiger partial charge in [-0.25, -0.2) is 4.79 Å². The zero-order chi connectivity index (χ0) is 15.8. The van der Waals surface area contributed by atoms with Crippen LogP contribution >= 0.6 is 0 Å². The number of amides is 3. The molecule has 0 heterocycles. The van der Waals surface area contributed by atoms with Crippen LogP contribution in [0.25, 0.3) is 0 Å². The third kappa shape index (κ3) is 5.60. The second-order valence-corrected chi connectivity index (χ2v) is 4.60. The van der Waals surface area contributed by atoms with E-state index in [4.69, 9.17) is 9.47 Å². The van der Waals surface area contributed by atoms with Gasteiger partial charge in [-0.1, -0.05) is 0 Å². The lowest BCUT2D eigenvalue weighted by atomic mass is 10.2. The maximum atomic E-state index is 11.8. The summed E-state index contributed by atoms with van der Waals surface area (Å²) in [6, 6.07) is 4.67. The lowest BCUT2D eigenvalue weighted by Crippen LogP contribution is -2.42. The number of carbonyl (C=O) groups is 2. The van der Waals surface area contributed by atoms with Crippen molar-refractivity contribution in [3.05, 3.63) is 18.2 Å². The standard InChI is InChI=1S/C14H21N3O4/c1-9(2)16-14(19)15-8-13(18)17-11-7-10(20-3)5-6-12(11)21-4/h5-7,9H,8H2,1-4H3,(H,17,18)(H2,15,16,19). The molecule has 3 amide bonds. The summed E-state index contributed by atoms with van der Waals surface area (Å²) in [5.41, 5.74) is 0.480. The average molecular weight is 295 g/mol. The minimum atomic E-state index is -0.391. The van der Waals surface area contributed by atoms with Crippen LogP contribution in [-0.4, -0.2) is 38.7 Å². The lowest BCUT2D eigenvalue weighted by molar-refractivity contribution is -0.115. The summed E-state index contributed by atoms with van der Waals surface area (Å²) in [5, 5.41) is 7.75. The molecule has 1 aromatic rings. The molecule has 1 aromatic carbocycles. The number of hydrogen-bond donors (Lipinski definition) is 3. The zero-order valence-electron chi connectivity index (χ0n) is 12.6. The first-order valence-corrected chi connectivity index (χ1v) is 6.52. The monoisotopic (exact) mass is 295 g/mol. The quantitative estimate of drug-likeness (QED) is 0.739. The van der Waals surface area contributed by atoms with E-state index in [1.165, 1.54) is 14.2 Å². The van der Waals surface area contributed by atoms with E-state index in [9.17, 15) is 9.59 Å². The molecule has 0 aromatic heterocycles. The van der Waals surface area contributed by atoms with Crippen LogP contribution in [0.5, 0.6) is 11.5 Å². The summed E-state index contributed by atoms with van der Waals surface area (Å²) in [7, 11) is 3.04. The van der Waals surface area contributed by atoms with Crippen LogP contribution in [0.15, 0.2) is 18.2 Å². The van der Waals surface area contributed by atoms with Crippen LogP contribution in [-0.2, 0) is 4.79 Å². The van der Waals surface area contributed by atoms with Gasteiger partial charge in [0.2, 0.25) is 5.91 Å². The second-order valence-electron chi connectivity index (χ2n) is 4.60. The van der Waals surface area contributed by atoms with Gasteiger partial charge in [-0.3, -0.25) is 4.79 Å². The van der Waals surface area contributed by atoms with Crippen molar-refractivity contribution in [1.82, 2.24) is 10.6 Å². The van der Waals surface area contributed by atoms with Crippen molar-refractivity contribution in [3.8, 4) is 11.5 Å². The third-order valence-corrected chi connectivity index (χ3v) is 2.51. The van der Waals surface area contributed by atoms with Crippen molar-refractivity contribution >= 4 is 17.6 Å². The molecule has 0 aliphatic carbocycles. The van der Waals surface area contributed by atoms with Crippen molar-refractivity contribution in [2.45, 2.75) is 19.9 Å². The molecular weight excluding hydrogens is 274 g/mol. The van der Waals surface area contributed by atoms with Crippen LogP contribution < -0.4 is 25.4 Å². The van der Waals surface area contributed by atoms with E-state index in [0.717, 1.165) is 0 Å². The summed E-state index contributed by atoms with van der Waals surface area (Å²) in [4.78, 5) is 23.2. The highest BCUT2D eigenvalue weighted by Gasteiger charge is 2.10. The number of nitrogens with one attached hydrogen (secondary N) is 3. The minimum absolute atomic E-state index is 0.00606. The number of hydrogen-bond acceptors (Lipinski definition) is 4. The summed E-state index contributed by atoms with van der Waals surface area (Å²) in [5.74, 6) is 0.743.